The monoisotopic (exact) mass is 323 g/mol. The van der Waals surface area contributed by atoms with Gasteiger partial charge in [-0.1, -0.05) is 42.5 Å². The Bertz CT molecular complexity index is 844. The van der Waals surface area contributed by atoms with Crippen LogP contribution in [0.15, 0.2) is 53.2 Å². The summed E-state index contributed by atoms with van der Waals surface area (Å²) in [4.78, 5) is 12.1. The van der Waals surface area contributed by atoms with Gasteiger partial charge in [0.2, 0.25) is 5.82 Å². The first-order valence-corrected chi connectivity index (χ1v) is 7.52. The predicted molar refractivity (Wildman–Crippen MR) is 89.8 cm³/mol. The highest BCUT2D eigenvalue weighted by Crippen LogP contribution is 2.24. The molecule has 0 saturated carbocycles. The molecule has 0 bridgehead atoms. The summed E-state index contributed by atoms with van der Waals surface area (Å²) in [7, 11) is 0. The van der Waals surface area contributed by atoms with Crippen molar-refractivity contribution < 1.29 is 14.2 Å². The van der Waals surface area contributed by atoms with Crippen molar-refractivity contribution in [2.24, 2.45) is 0 Å². The summed E-state index contributed by atoms with van der Waals surface area (Å²) in [5.74, 6) is 0.631. The molecule has 0 radical (unpaired) electrons. The van der Waals surface area contributed by atoms with Crippen molar-refractivity contribution in [3.05, 3.63) is 59.7 Å². The van der Waals surface area contributed by atoms with Crippen LogP contribution in [0.4, 0.5) is 5.82 Å². The summed E-state index contributed by atoms with van der Waals surface area (Å²) in [6.45, 7) is 3.83. The maximum atomic E-state index is 12.1. The number of aryl methyl sites for hydroxylation is 1. The zero-order valence-electron chi connectivity index (χ0n) is 13.4. The first kappa shape index (κ1) is 15.7. The standard InChI is InChI=1S/C18H17N3O3/c1-12-7-6-10-15(13(12)2)23-11-16(22)19-18-17(20-24-21-18)14-8-4-3-5-9-14/h3-10H,11H2,1-2H3,(H,19,21,22). The number of carbonyl (C=O) groups is 1. The molecule has 2 aromatic carbocycles. The first-order valence-electron chi connectivity index (χ1n) is 7.52. The van der Waals surface area contributed by atoms with E-state index in [1.165, 1.54) is 0 Å². The third-order valence-electron chi connectivity index (χ3n) is 3.71. The second kappa shape index (κ2) is 6.95. The number of rotatable bonds is 5. The molecule has 1 N–H and O–H groups in total. The number of hydrogen-bond acceptors (Lipinski definition) is 5. The third-order valence-corrected chi connectivity index (χ3v) is 3.71. The van der Waals surface area contributed by atoms with Crippen molar-refractivity contribution >= 4 is 11.7 Å². The number of nitrogens with zero attached hydrogens (tertiary/aromatic N) is 2. The molecule has 1 heterocycles. The summed E-state index contributed by atoms with van der Waals surface area (Å²) >= 11 is 0. The van der Waals surface area contributed by atoms with Crippen molar-refractivity contribution in [2.75, 3.05) is 11.9 Å². The second-order valence-corrected chi connectivity index (χ2v) is 5.36. The van der Waals surface area contributed by atoms with Gasteiger partial charge in [0, 0.05) is 5.56 Å². The molecule has 6 heteroatoms. The minimum atomic E-state index is -0.330. The fourth-order valence-corrected chi connectivity index (χ4v) is 2.25. The summed E-state index contributed by atoms with van der Waals surface area (Å²) in [5, 5.41) is 10.2. The van der Waals surface area contributed by atoms with Crippen LogP contribution in [0.5, 0.6) is 5.75 Å². The Morgan fingerprint density at radius 2 is 1.88 bits per heavy atom. The Balaban J connectivity index is 1.66. The van der Waals surface area contributed by atoms with Crippen LogP contribution >= 0.6 is 0 Å². The van der Waals surface area contributed by atoms with Gasteiger partial charge in [-0.15, -0.1) is 0 Å². The lowest BCUT2D eigenvalue weighted by Gasteiger charge is -2.10. The lowest BCUT2D eigenvalue weighted by atomic mass is 10.1. The number of carbonyl (C=O) groups excluding carboxylic acids is 1. The number of ether oxygens (including phenoxy) is 1. The van der Waals surface area contributed by atoms with E-state index in [0.717, 1.165) is 16.7 Å². The molecule has 122 valence electrons. The molecular weight excluding hydrogens is 306 g/mol. The fraction of sp³-hybridized carbons (Fsp3) is 0.167. The van der Waals surface area contributed by atoms with Crippen molar-refractivity contribution in [2.45, 2.75) is 13.8 Å². The minimum Gasteiger partial charge on any atom is -0.483 e. The van der Waals surface area contributed by atoms with Gasteiger partial charge in [-0.3, -0.25) is 4.79 Å². The SMILES string of the molecule is Cc1cccc(OCC(=O)Nc2nonc2-c2ccccc2)c1C. The Labute approximate surface area is 139 Å². The van der Waals surface area contributed by atoms with Crippen molar-refractivity contribution in [1.29, 1.82) is 0 Å². The van der Waals surface area contributed by atoms with E-state index in [0.29, 0.717) is 11.4 Å². The molecule has 0 aliphatic rings. The highest BCUT2D eigenvalue weighted by molar-refractivity contribution is 5.94. The van der Waals surface area contributed by atoms with Crippen LogP contribution in [0.25, 0.3) is 11.3 Å². The molecule has 6 nitrogen and oxygen atoms in total. The molecule has 24 heavy (non-hydrogen) atoms. The van der Waals surface area contributed by atoms with Crippen LogP contribution in [0.3, 0.4) is 0 Å². The van der Waals surface area contributed by atoms with Gasteiger partial charge in [0.05, 0.1) is 0 Å². The van der Waals surface area contributed by atoms with E-state index in [1.54, 1.807) is 0 Å². The number of anilines is 1. The molecule has 1 aromatic heterocycles. The summed E-state index contributed by atoms with van der Waals surface area (Å²) in [6.07, 6.45) is 0. The summed E-state index contributed by atoms with van der Waals surface area (Å²) in [5.41, 5.74) is 3.42. The third kappa shape index (κ3) is 3.43. The predicted octanol–water partition coefficient (Wildman–Crippen LogP) is 3.37. The molecule has 1 amide bonds. The van der Waals surface area contributed by atoms with Gasteiger partial charge in [0.25, 0.3) is 5.91 Å². The van der Waals surface area contributed by atoms with Crippen molar-refractivity contribution in [3.63, 3.8) is 0 Å². The fourth-order valence-electron chi connectivity index (χ4n) is 2.25. The molecule has 0 saturated heterocycles. The van der Waals surface area contributed by atoms with Gasteiger partial charge < -0.3 is 10.1 Å². The maximum Gasteiger partial charge on any atom is 0.263 e. The average Bonchev–Trinajstić information content (AvgIpc) is 3.05. The summed E-state index contributed by atoms with van der Waals surface area (Å²) in [6, 6.07) is 15.1. The molecule has 3 rings (SSSR count). The normalized spacial score (nSPS) is 10.4. The minimum absolute atomic E-state index is 0.120. The Hall–Kier alpha value is -3.15. The van der Waals surface area contributed by atoms with E-state index in [1.807, 2.05) is 62.4 Å². The lowest BCUT2D eigenvalue weighted by molar-refractivity contribution is -0.118. The Morgan fingerprint density at radius 3 is 2.67 bits per heavy atom. The highest BCUT2D eigenvalue weighted by Gasteiger charge is 2.15. The van der Waals surface area contributed by atoms with Gasteiger partial charge >= 0.3 is 0 Å². The average molecular weight is 323 g/mol. The number of amides is 1. The first-order chi connectivity index (χ1) is 11.6. The second-order valence-electron chi connectivity index (χ2n) is 5.36. The van der Waals surface area contributed by atoms with E-state index >= 15 is 0 Å². The van der Waals surface area contributed by atoms with Crippen LogP contribution in [0.2, 0.25) is 0 Å². The van der Waals surface area contributed by atoms with Crippen molar-refractivity contribution in [3.8, 4) is 17.0 Å². The molecular formula is C18H17N3O3. The zero-order valence-corrected chi connectivity index (χ0v) is 13.4. The van der Waals surface area contributed by atoms with E-state index < -0.39 is 0 Å². The van der Waals surface area contributed by atoms with Gasteiger partial charge in [-0.05, 0) is 41.4 Å². The van der Waals surface area contributed by atoms with E-state index in [2.05, 4.69) is 15.6 Å². The van der Waals surface area contributed by atoms with E-state index in [4.69, 9.17) is 9.37 Å². The van der Waals surface area contributed by atoms with Crippen LogP contribution in [0, 0.1) is 13.8 Å². The van der Waals surface area contributed by atoms with Gasteiger partial charge in [-0.25, -0.2) is 4.63 Å². The summed E-state index contributed by atoms with van der Waals surface area (Å²) < 4.78 is 10.3. The van der Waals surface area contributed by atoms with E-state index in [9.17, 15) is 4.79 Å². The largest absolute Gasteiger partial charge is 0.483 e. The Morgan fingerprint density at radius 1 is 1.08 bits per heavy atom. The topological polar surface area (TPSA) is 77.2 Å². The molecule has 3 aromatic rings. The smallest absolute Gasteiger partial charge is 0.263 e. The van der Waals surface area contributed by atoms with Gasteiger partial charge in [0.15, 0.2) is 12.3 Å². The Kier molecular flexibility index (Phi) is 4.56. The number of nitrogens with one attached hydrogen (secondary N) is 1. The molecule has 0 atom stereocenters. The number of aromatic nitrogens is 2. The molecule has 0 fully saturated rings. The van der Waals surface area contributed by atoms with Crippen LogP contribution in [0.1, 0.15) is 11.1 Å². The highest BCUT2D eigenvalue weighted by atomic mass is 16.6. The van der Waals surface area contributed by atoms with Crippen molar-refractivity contribution in [1.82, 2.24) is 10.3 Å². The molecule has 0 unspecified atom stereocenters. The van der Waals surface area contributed by atoms with E-state index in [-0.39, 0.29) is 18.3 Å². The maximum absolute atomic E-state index is 12.1. The van der Waals surface area contributed by atoms with Gasteiger partial charge in [-0.2, -0.15) is 0 Å². The van der Waals surface area contributed by atoms with Gasteiger partial charge in [0.1, 0.15) is 5.75 Å². The quantitative estimate of drug-likeness (QED) is 0.779. The zero-order chi connectivity index (χ0) is 16.9. The molecule has 0 aliphatic heterocycles. The number of benzene rings is 2. The van der Waals surface area contributed by atoms with Crippen LogP contribution in [-0.2, 0) is 4.79 Å². The molecule has 0 aliphatic carbocycles. The van der Waals surface area contributed by atoms with Crippen LogP contribution < -0.4 is 10.1 Å². The lowest BCUT2D eigenvalue weighted by Crippen LogP contribution is -2.21. The van der Waals surface area contributed by atoms with Crippen LogP contribution in [-0.4, -0.2) is 22.8 Å². The number of hydrogen-bond donors (Lipinski definition) is 1. The molecule has 0 spiro atoms.